The molecule has 0 radical (unpaired) electrons. The fraction of sp³-hybridized carbons (Fsp3) is 0.500. The Labute approximate surface area is 86.2 Å². The summed E-state index contributed by atoms with van der Waals surface area (Å²) in [6.07, 6.45) is 6.11. The summed E-state index contributed by atoms with van der Waals surface area (Å²) in [7, 11) is -1.01. The zero-order chi connectivity index (χ0) is 9.97. The van der Waals surface area contributed by atoms with Crippen molar-refractivity contribution in [1.29, 1.82) is 0 Å². The van der Waals surface area contributed by atoms with Crippen LogP contribution in [0.4, 0.5) is 5.69 Å². The monoisotopic (exact) mass is 210 g/mol. The minimum absolute atomic E-state index is 0.271. The molecule has 0 bridgehead atoms. The molecule has 1 atom stereocenters. The first-order valence-electron chi connectivity index (χ1n) is 4.90. The number of rotatable bonds is 2. The normalized spacial score (nSPS) is 19.7. The maximum Gasteiger partial charge on any atom is 0.150 e. The molecule has 1 aromatic rings. The number of hydrogen-bond acceptors (Lipinski definition) is 3. The van der Waals surface area contributed by atoms with Gasteiger partial charge in [0, 0.05) is 11.4 Å². The Morgan fingerprint density at radius 3 is 2.79 bits per heavy atom. The van der Waals surface area contributed by atoms with E-state index in [1.54, 1.807) is 18.3 Å². The van der Waals surface area contributed by atoms with Gasteiger partial charge in [0.15, 0.2) is 0 Å². The molecule has 0 spiro atoms. The van der Waals surface area contributed by atoms with Crippen molar-refractivity contribution >= 4 is 16.5 Å². The summed E-state index contributed by atoms with van der Waals surface area (Å²) in [5, 5.41) is 0.839. The highest BCUT2D eigenvalue weighted by Gasteiger charge is 2.24. The molecule has 2 N–H and O–H groups in total. The van der Waals surface area contributed by atoms with Crippen molar-refractivity contribution in [2.45, 2.75) is 36.0 Å². The maximum atomic E-state index is 12.0. The Kier molecular flexibility index (Phi) is 2.82. The molecule has 1 saturated carbocycles. The van der Waals surface area contributed by atoms with Crippen LogP contribution in [0.25, 0.3) is 0 Å². The fourth-order valence-corrected chi connectivity index (χ4v) is 3.37. The van der Waals surface area contributed by atoms with Gasteiger partial charge >= 0.3 is 0 Å². The van der Waals surface area contributed by atoms with Crippen LogP contribution in [0.1, 0.15) is 25.7 Å². The lowest BCUT2D eigenvalue weighted by Crippen LogP contribution is -2.13. The van der Waals surface area contributed by atoms with E-state index < -0.39 is 10.8 Å². The average Bonchev–Trinajstić information content (AvgIpc) is 2.70. The summed E-state index contributed by atoms with van der Waals surface area (Å²) in [6.45, 7) is 0. The van der Waals surface area contributed by atoms with Gasteiger partial charge in [0.1, 0.15) is 5.03 Å². The molecular formula is C10H14N2OS. The molecule has 1 unspecified atom stereocenters. The zero-order valence-corrected chi connectivity index (χ0v) is 8.80. The van der Waals surface area contributed by atoms with E-state index in [1.807, 2.05) is 0 Å². The summed E-state index contributed by atoms with van der Waals surface area (Å²) in [6, 6.07) is 3.53. The molecule has 0 saturated heterocycles. The highest BCUT2D eigenvalue weighted by molar-refractivity contribution is 7.85. The summed E-state index contributed by atoms with van der Waals surface area (Å²) in [5.74, 6) is 0. The van der Waals surface area contributed by atoms with E-state index in [4.69, 9.17) is 5.73 Å². The Morgan fingerprint density at radius 1 is 1.43 bits per heavy atom. The van der Waals surface area contributed by atoms with Gasteiger partial charge in [-0.15, -0.1) is 0 Å². The van der Waals surface area contributed by atoms with Gasteiger partial charge in [-0.25, -0.2) is 4.98 Å². The quantitative estimate of drug-likeness (QED) is 0.808. The SMILES string of the molecule is Nc1cccnc1S(=O)C1CCCC1. The molecule has 76 valence electrons. The van der Waals surface area contributed by atoms with Gasteiger partial charge in [-0.2, -0.15) is 0 Å². The molecule has 2 rings (SSSR count). The van der Waals surface area contributed by atoms with Crippen molar-refractivity contribution in [2.24, 2.45) is 0 Å². The number of nitrogens with zero attached hydrogens (tertiary/aromatic N) is 1. The smallest absolute Gasteiger partial charge is 0.150 e. The largest absolute Gasteiger partial charge is 0.396 e. The molecule has 1 aliphatic carbocycles. The standard InChI is InChI=1S/C10H14N2OS/c11-9-6-3-7-12-10(9)14(13)8-4-1-2-5-8/h3,6-8H,1-2,4-5,11H2. The first-order valence-corrected chi connectivity index (χ1v) is 6.11. The Balaban J connectivity index is 2.22. The summed E-state index contributed by atoms with van der Waals surface area (Å²) in [4.78, 5) is 4.10. The first kappa shape index (κ1) is 9.65. The van der Waals surface area contributed by atoms with E-state index >= 15 is 0 Å². The van der Waals surface area contributed by atoms with Crippen molar-refractivity contribution in [3.8, 4) is 0 Å². The predicted octanol–water partition coefficient (Wildman–Crippen LogP) is 1.71. The molecular weight excluding hydrogens is 196 g/mol. The van der Waals surface area contributed by atoms with Crippen LogP contribution in [0, 0.1) is 0 Å². The molecule has 14 heavy (non-hydrogen) atoms. The van der Waals surface area contributed by atoms with Gasteiger partial charge in [-0.1, -0.05) is 12.8 Å². The second-order valence-electron chi connectivity index (χ2n) is 3.60. The first-order chi connectivity index (χ1) is 6.79. The molecule has 1 fully saturated rings. The molecule has 3 nitrogen and oxygen atoms in total. The van der Waals surface area contributed by atoms with Crippen LogP contribution in [0.2, 0.25) is 0 Å². The third-order valence-electron chi connectivity index (χ3n) is 2.60. The Morgan fingerprint density at radius 2 is 2.14 bits per heavy atom. The number of hydrogen-bond donors (Lipinski definition) is 1. The molecule has 0 aromatic carbocycles. The second-order valence-corrected chi connectivity index (χ2v) is 5.25. The molecule has 1 aliphatic rings. The third kappa shape index (κ3) is 1.80. The zero-order valence-electron chi connectivity index (χ0n) is 7.98. The van der Waals surface area contributed by atoms with E-state index in [9.17, 15) is 4.21 Å². The Bertz CT molecular complexity index is 348. The van der Waals surface area contributed by atoms with Crippen molar-refractivity contribution in [1.82, 2.24) is 4.98 Å². The van der Waals surface area contributed by atoms with Crippen molar-refractivity contribution < 1.29 is 4.21 Å². The van der Waals surface area contributed by atoms with Crippen molar-refractivity contribution in [3.63, 3.8) is 0 Å². The number of aromatic nitrogens is 1. The molecule has 0 aliphatic heterocycles. The lowest BCUT2D eigenvalue weighted by Gasteiger charge is -2.09. The number of nitrogen functional groups attached to an aromatic ring is 1. The molecule has 0 amide bonds. The Hall–Kier alpha value is -0.900. The van der Waals surface area contributed by atoms with Crippen molar-refractivity contribution in [3.05, 3.63) is 18.3 Å². The van der Waals surface area contributed by atoms with Gasteiger partial charge in [0.25, 0.3) is 0 Å². The van der Waals surface area contributed by atoms with Gasteiger partial charge < -0.3 is 5.73 Å². The minimum atomic E-state index is -1.01. The average molecular weight is 210 g/mol. The van der Waals surface area contributed by atoms with Gasteiger partial charge in [-0.05, 0) is 25.0 Å². The van der Waals surface area contributed by atoms with Crippen LogP contribution in [0.15, 0.2) is 23.4 Å². The number of pyridine rings is 1. The lowest BCUT2D eigenvalue weighted by atomic mass is 10.4. The highest BCUT2D eigenvalue weighted by Crippen LogP contribution is 2.27. The third-order valence-corrected chi connectivity index (χ3v) is 4.40. The van der Waals surface area contributed by atoms with Gasteiger partial charge in [0.2, 0.25) is 0 Å². The summed E-state index contributed by atoms with van der Waals surface area (Å²) < 4.78 is 12.0. The molecule has 1 heterocycles. The summed E-state index contributed by atoms with van der Waals surface area (Å²) >= 11 is 0. The van der Waals surface area contributed by atoms with Gasteiger partial charge in [0.05, 0.1) is 16.5 Å². The van der Waals surface area contributed by atoms with Crippen LogP contribution in [0.5, 0.6) is 0 Å². The van der Waals surface area contributed by atoms with Crippen LogP contribution in [-0.4, -0.2) is 14.4 Å². The predicted molar refractivity (Wildman–Crippen MR) is 57.3 cm³/mol. The molecule has 4 heteroatoms. The number of nitrogens with two attached hydrogens (primary N) is 1. The van der Waals surface area contributed by atoms with E-state index in [-0.39, 0.29) is 5.25 Å². The molecule has 1 aromatic heterocycles. The van der Waals surface area contributed by atoms with Crippen LogP contribution >= 0.6 is 0 Å². The van der Waals surface area contributed by atoms with E-state index in [0.717, 1.165) is 12.8 Å². The lowest BCUT2D eigenvalue weighted by molar-refractivity contribution is 0.666. The minimum Gasteiger partial charge on any atom is -0.396 e. The number of anilines is 1. The van der Waals surface area contributed by atoms with Crippen LogP contribution in [0.3, 0.4) is 0 Å². The van der Waals surface area contributed by atoms with Crippen molar-refractivity contribution in [2.75, 3.05) is 5.73 Å². The second kappa shape index (κ2) is 4.09. The highest BCUT2D eigenvalue weighted by atomic mass is 32.2. The van der Waals surface area contributed by atoms with E-state index in [0.29, 0.717) is 10.7 Å². The fourth-order valence-electron chi connectivity index (χ4n) is 1.83. The van der Waals surface area contributed by atoms with Crippen LogP contribution in [-0.2, 0) is 10.8 Å². The summed E-state index contributed by atoms with van der Waals surface area (Å²) in [5.41, 5.74) is 6.29. The van der Waals surface area contributed by atoms with E-state index in [2.05, 4.69) is 4.98 Å². The topological polar surface area (TPSA) is 56.0 Å². The van der Waals surface area contributed by atoms with E-state index in [1.165, 1.54) is 12.8 Å². The van der Waals surface area contributed by atoms with Crippen LogP contribution < -0.4 is 5.73 Å². The maximum absolute atomic E-state index is 12.0. The van der Waals surface area contributed by atoms with Gasteiger partial charge in [-0.3, -0.25) is 4.21 Å².